The second-order valence-corrected chi connectivity index (χ2v) is 9.02. The normalized spacial score (nSPS) is 11.6. The molecule has 0 aliphatic rings. The van der Waals surface area contributed by atoms with Crippen molar-refractivity contribution in [1.29, 1.82) is 0 Å². The summed E-state index contributed by atoms with van der Waals surface area (Å²) < 4.78 is 15.0. The maximum Gasteiger partial charge on any atom is 0.248 e. The van der Waals surface area contributed by atoms with Gasteiger partial charge in [-0.1, -0.05) is 72.3 Å². The molecule has 3 aromatic carbocycles. The minimum Gasteiger partial charge on any atom is -0.350 e. The smallest absolute Gasteiger partial charge is 0.248 e. The van der Waals surface area contributed by atoms with Crippen LogP contribution >= 0.6 is 11.3 Å². The van der Waals surface area contributed by atoms with Crippen molar-refractivity contribution >= 4 is 28.8 Å². The fourth-order valence-corrected chi connectivity index (χ4v) is 4.46. The summed E-state index contributed by atoms with van der Waals surface area (Å²) in [6.07, 6.45) is 0.114. The molecule has 0 spiro atoms. The minimum absolute atomic E-state index is 0.114. The van der Waals surface area contributed by atoms with E-state index in [2.05, 4.69) is 5.32 Å². The molecule has 1 atom stereocenters. The Morgan fingerprint density at radius 1 is 0.912 bits per heavy atom. The van der Waals surface area contributed by atoms with Gasteiger partial charge in [-0.2, -0.15) is 0 Å². The summed E-state index contributed by atoms with van der Waals surface area (Å²) in [5.74, 6) is -1.27. The van der Waals surface area contributed by atoms with E-state index in [-0.39, 0.29) is 24.4 Å². The molecule has 1 heterocycles. The Hall–Kier alpha value is -3.77. The first-order valence-electron chi connectivity index (χ1n) is 11.0. The Bertz CT molecular complexity index is 1240. The molecule has 0 bridgehead atoms. The van der Waals surface area contributed by atoms with E-state index in [1.165, 1.54) is 22.3 Å². The topological polar surface area (TPSA) is 49.4 Å². The molecule has 34 heavy (non-hydrogen) atoms. The Labute approximate surface area is 202 Å². The van der Waals surface area contributed by atoms with E-state index in [1.54, 1.807) is 30.3 Å². The monoisotopic (exact) mass is 472 g/mol. The second-order valence-electron chi connectivity index (χ2n) is 7.98. The molecule has 4 nitrogen and oxygen atoms in total. The highest BCUT2D eigenvalue weighted by Crippen LogP contribution is 2.31. The van der Waals surface area contributed by atoms with Crippen LogP contribution in [0.3, 0.4) is 0 Å². The summed E-state index contributed by atoms with van der Waals surface area (Å²) in [5, 5.41) is 4.81. The van der Waals surface area contributed by atoms with Crippen LogP contribution in [-0.4, -0.2) is 11.8 Å². The van der Waals surface area contributed by atoms with Gasteiger partial charge in [0.1, 0.15) is 11.9 Å². The molecule has 0 aliphatic heterocycles. The number of thiophene rings is 1. The van der Waals surface area contributed by atoms with Crippen LogP contribution < -0.4 is 10.2 Å². The van der Waals surface area contributed by atoms with Gasteiger partial charge in [0.05, 0.1) is 6.42 Å². The summed E-state index contributed by atoms with van der Waals surface area (Å²) in [5.41, 5.74) is 2.61. The van der Waals surface area contributed by atoms with Crippen LogP contribution in [-0.2, 0) is 22.6 Å². The highest BCUT2D eigenvalue weighted by atomic mass is 32.1. The van der Waals surface area contributed by atoms with Gasteiger partial charge in [0.25, 0.3) is 0 Å². The van der Waals surface area contributed by atoms with Crippen LogP contribution in [0.25, 0.3) is 0 Å². The predicted octanol–water partition coefficient (Wildman–Crippen LogP) is 5.83. The van der Waals surface area contributed by atoms with E-state index in [1.807, 2.05) is 66.9 Å². The minimum atomic E-state index is -1.17. The van der Waals surface area contributed by atoms with E-state index >= 15 is 4.39 Å². The Morgan fingerprint density at radius 2 is 1.62 bits per heavy atom. The standard InChI is InChI=1S/C28H25FN2O2S/c1-20-13-15-22(16-14-20)31(26(32)18-23-10-7-17-34-23)27(24-11-5-6-12-25(24)29)28(33)30-19-21-8-3-2-4-9-21/h2-17,27H,18-19H2,1H3,(H,30,33)/t27-/m1/s1. The number of rotatable bonds is 8. The molecule has 0 saturated heterocycles. The van der Waals surface area contributed by atoms with Crippen LogP contribution in [0.15, 0.2) is 96.4 Å². The van der Waals surface area contributed by atoms with E-state index < -0.39 is 17.8 Å². The summed E-state index contributed by atoms with van der Waals surface area (Å²) in [6.45, 7) is 2.22. The Morgan fingerprint density at radius 3 is 2.29 bits per heavy atom. The van der Waals surface area contributed by atoms with Crippen LogP contribution in [0, 0.1) is 12.7 Å². The van der Waals surface area contributed by atoms with E-state index in [0.717, 1.165) is 16.0 Å². The first kappa shape index (κ1) is 23.4. The lowest BCUT2D eigenvalue weighted by molar-refractivity contribution is -0.126. The highest BCUT2D eigenvalue weighted by Gasteiger charge is 2.34. The van der Waals surface area contributed by atoms with E-state index in [9.17, 15) is 9.59 Å². The maximum absolute atomic E-state index is 15.0. The van der Waals surface area contributed by atoms with Gasteiger partial charge < -0.3 is 5.32 Å². The molecule has 0 unspecified atom stereocenters. The molecule has 0 fully saturated rings. The van der Waals surface area contributed by atoms with E-state index in [4.69, 9.17) is 0 Å². The Balaban J connectivity index is 1.74. The van der Waals surface area contributed by atoms with Crippen molar-refractivity contribution in [3.8, 4) is 0 Å². The molecule has 6 heteroatoms. The van der Waals surface area contributed by atoms with Crippen molar-refractivity contribution in [2.45, 2.75) is 25.9 Å². The summed E-state index contributed by atoms with van der Waals surface area (Å²) >= 11 is 1.47. The predicted molar refractivity (Wildman–Crippen MR) is 134 cm³/mol. The average molecular weight is 473 g/mol. The van der Waals surface area contributed by atoms with E-state index in [0.29, 0.717) is 5.69 Å². The van der Waals surface area contributed by atoms with Gasteiger partial charge in [0.2, 0.25) is 11.8 Å². The van der Waals surface area contributed by atoms with Crippen molar-refractivity contribution < 1.29 is 14.0 Å². The van der Waals surface area contributed by atoms with Gasteiger partial charge in [0.15, 0.2) is 0 Å². The van der Waals surface area contributed by atoms with Gasteiger partial charge in [-0.15, -0.1) is 11.3 Å². The number of amides is 2. The molecule has 0 saturated carbocycles. The average Bonchev–Trinajstić information content (AvgIpc) is 3.36. The van der Waals surface area contributed by atoms with Gasteiger partial charge in [-0.05, 0) is 42.1 Å². The van der Waals surface area contributed by atoms with Crippen molar-refractivity contribution in [3.63, 3.8) is 0 Å². The van der Waals surface area contributed by atoms with Gasteiger partial charge in [-0.3, -0.25) is 14.5 Å². The first-order chi connectivity index (χ1) is 16.5. The zero-order valence-electron chi connectivity index (χ0n) is 18.8. The zero-order valence-corrected chi connectivity index (χ0v) is 19.6. The number of anilines is 1. The number of halogens is 1. The molecule has 4 aromatic rings. The number of benzene rings is 3. The number of aryl methyl sites for hydroxylation is 1. The molecule has 0 aliphatic carbocycles. The summed E-state index contributed by atoms with van der Waals surface area (Å²) in [4.78, 5) is 29.5. The first-order valence-corrected chi connectivity index (χ1v) is 11.9. The SMILES string of the molecule is Cc1ccc(N(C(=O)Cc2cccs2)[C@@H](C(=O)NCc2ccccc2)c2ccccc2F)cc1. The molecular weight excluding hydrogens is 447 g/mol. The number of hydrogen-bond acceptors (Lipinski definition) is 3. The molecule has 1 N–H and O–H groups in total. The number of carbonyl (C=O) groups is 2. The van der Waals surface area contributed by atoms with Gasteiger partial charge >= 0.3 is 0 Å². The second kappa shape index (κ2) is 10.9. The van der Waals surface area contributed by atoms with Gasteiger partial charge in [0, 0.05) is 22.7 Å². The lowest BCUT2D eigenvalue weighted by Crippen LogP contribution is -2.44. The van der Waals surface area contributed by atoms with Crippen molar-refractivity contribution in [2.75, 3.05) is 4.90 Å². The molecule has 4 rings (SSSR count). The molecular formula is C28H25FN2O2S. The molecule has 2 amide bonds. The zero-order chi connectivity index (χ0) is 23.9. The van der Waals surface area contributed by atoms with Crippen LogP contribution in [0.2, 0.25) is 0 Å². The highest BCUT2D eigenvalue weighted by molar-refractivity contribution is 7.10. The van der Waals surface area contributed by atoms with Crippen LogP contribution in [0.4, 0.5) is 10.1 Å². The number of nitrogens with one attached hydrogen (secondary N) is 1. The summed E-state index contributed by atoms with van der Waals surface area (Å²) in [7, 11) is 0. The lowest BCUT2D eigenvalue weighted by atomic mass is 10.0. The third-order valence-corrected chi connectivity index (χ3v) is 6.38. The number of carbonyl (C=O) groups excluding carboxylic acids is 2. The van der Waals surface area contributed by atoms with Crippen molar-refractivity contribution in [2.24, 2.45) is 0 Å². The fourth-order valence-electron chi connectivity index (χ4n) is 3.77. The van der Waals surface area contributed by atoms with Crippen molar-refractivity contribution in [3.05, 3.63) is 124 Å². The van der Waals surface area contributed by atoms with Gasteiger partial charge in [-0.25, -0.2) is 4.39 Å². The summed E-state index contributed by atoms with van der Waals surface area (Å²) in [6, 6.07) is 25.5. The molecule has 1 aromatic heterocycles. The molecule has 0 radical (unpaired) electrons. The van der Waals surface area contributed by atoms with Crippen LogP contribution in [0.5, 0.6) is 0 Å². The quantitative estimate of drug-likeness (QED) is 0.351. The Kier molecular flexibility index (Phi) is 7.50. The fraction of sp³-hybridized carbons (Fsp3) is 0.143. The number of hydrogen-bond donors (Lipinski definition) is 1. The third-order valence-electron chi connectivity index (χ3n) is 5.50. The van der Waals surface area contributed by atoms with Crippen molar-refractivity contribution in [1.82, 2.24) is 5.32 Å². The van der Waals surface area contributed by atoms with Crippen LogP contribution in [0.1, 0.15) is 27.6 Å². The molecule has 172 valence electrons. The lowest BCUT2D eigenvalue weighted by Gasteiger charge is -2.32. The number of nitrogens with zero attached hydrogens (tertiary/aromatic N) is 1. The maximum atomic E-state index is 15.0. The third kappa shape index (κ3) is 5.58. The largest absolute Gasteiger partial charge is 0.350 e.